The molecule has 1 rings (SSSR count). The third kappa shape index (κ3) is 4.04. The van der Waals surface area contributed by atoms with Gasteiger partial charge in [-0.25, -0.2) is 0 Å². The summed E-state index contributed by atoms with van der Waals surface area (Å²) in [6.45, 7) is 2.57. The molecule has 0 unspecified atom stereocenters. The molecule has 0 saturated heterocycles. The number of methoxy groups -OCH3 is 1. The van der Waals surface area contributed by atoms with Crippen molar-refractivity contribution >= 4 is 5.91 Å². The highest BCUT2D eigenvalue weighted by Gasteiger charge is 2.08. The molecular formula is C14H21NO3. The van der Waals surface area contributed by atoms with Gasteiger partial charge in [-0.1, -0.05) is 12.1 Å². The Morgan fingerprint density at radius 1 is 1.44 bits per heavy atom. The SMILES string of the molecule is COc1ccc(CCN(C)C(=O)CCO)cc1C. The number of hydrogen-bond donors (Lipinski definition) is 1. The third-order valence-electron chi connectivity index (χ3n) is 2.95. The second-order valence-electron chi connectivity index (χ2n) is 4.34. The van der Waals surface area contributed by atoms with Crippen molar-refractivity contribution in [3.63, 3.8) is 0 Å². The first-order valence-corrected chi connectivity index (χ1v) is 6.06. The van der Waals surface area contributed by atoms with Gasteiger partial charge in [0.05, 0.1) is 13.7 Å². The molecule has 1 aromatic rings. The largest absolute Gasteiger partial charge is 0.496 e. The Kier molecular flexibility index (Phi) is 5.65. The van der Waals surface area contributed by atoms with E-state index in [1.54, 1.807) is 19.1 Å². The number of nitrogens with zero attached hydrogens (tertiary/aromatic N) is 1. The summed E-state index contributed by atoms with van der Waals surface area (Å²) >= 11 is 0. The van der Waals surface area contributed by atoms with Crippen LogP contribution in [0.15, 0.2) is 18.2 Å². The smallest absolute Gasteiger partial charge is 0.224 e. The van der Waals surface area contributed by atoms with E-state index >= 15 is 0 Å². The van der Waals surface area contributed by atoms with E-state index < -0.39 is 0 Å². The Morgan fingerprint density at radius 2 is 2.17 bits per heavy atom. The zero-order valence-corrected chi connectivity index (χ0v) is 11.3. The topological polar surface area (TPSA) is 49.8 Å². The molecule has 0 fully saturated rings. The molecule has 0 atom stereocenters. The highest BCUT2D eigenvalue weighted by Crippen LogP contribution is 2.18. The summed E-state index contributed by atoms with van der Waals surface area (Å²) in [6, 6.07) is 6.03. The lowest BCUT2D eigenvalue weighted by Crippen LogP contribution is -2.29. The number of ether oxygens (including phenoxy) is 1. The Hall–Kier alpha value is -1.55. The molecule has 0 aliphatic heterocycles. The first kappa shape index (κ1) is 14.5. The molecule has 0 radical (unpaired) electrons. The van der Waals surface area contributed by atoms with Crippen molar-refractivity contribution in [3.05, 3.63) is 29.3 Å². The zero-order chi connectivity index (χ0) is 13.5. The number of likely N-dealkylation sites (N-methyl/N-ethyl adjacent to an activating group) is 1. The standard InChI is InChI=1S/C14H21NO3/c1-11-10-12(4-5-13(11)18-3)6-8-15(2)14(17)7-9-16/h4-5,10,16H,6-9H2,1-3H3. The van der Waals surface area contributed by atoms with E-state index in [0.29, 0.717) is 6.54 Å². The predicted molar refractivity (Wildman–Crippen MR) is 70.8 cm³/mol. The van der Waals surface area contributed by atoms with Crippen molar-refractivity contribution in [1.29, 1.82) is 0 Å². The van der Waals surface area contributed by atoms with Gasteiger partial charge in [0.25, 0.3) is 0 Å². The Labute approximate surface area is 108 Å². The minimum absolute atomic E-state index is 0.0252. The summed E-state index contributed by atoms with van der Waals surface area (Å²) < 4.78 is 5.20. The minimum Gasteiger partial charge on any atom is -0.496 e. The average molecular weight is 251 g/mol. The van der Waals surface area contributed by atoms with Crippen molar-refractivity contribution in [3.8, 4) is 5.75 Å². The Bertz CT molecular complexity index is 404. The fourth-order valence-electron chi connectivity index (χ4n) is 1.80. The summed E-state index contributed by atoms with van der Waals surface area (Å²) in [5.41, 5.74) is 2.27. The summed E-state index contributed by atoms with van der Waals surface area (Å²) in [6.07, 6.45) is 0.997. The fraction of sp³-hybridized carbons (Fsp3) is 0.500. The van der Waals surface area contributed by atoms with Gasteiger partial charge in [0.2, 0.25) is 5.91 Å². The molecule has 1 N–H and O–H groups in total. The number of aliphatic hydroxyl groups is 1. The van der Waals surface area contributed by atoms with Crippen molar-refractivity contribution in [2.45, 2.75) is 19.8 Å². The second-order valence-corrected chi connectivity index (χ2v) is 4.34. The van der Waals surface area contributed by atoms with Crippen LogP contribution in [0.5, 0.6) is 5.75 Å². The van der Waals surface area contributed by atoms with Gasteiger partial charge < -0.3 is 14.7 Å². The lowest BCUT2D eigenvalue weighted by atomic mass is 10.1. The molecule has 0 aromatic heterocycles. The van der Waals surface area contributed by atoms with Crippen molar-refractivity contribution in [2.24, 2.45) is 0 Å². The summed E-state index contributed by atoms with van der Waals surface area (Å²) in [4.78, 5) is 13.1. The van der Waals surface area contributed by atoms with E-state index in [0.717, 1.165) is 17.7 Å². The van der Waals surface area contributed by atoms with Gasteiger partial charge in [0.15, 0.2) is 0 Å². The predicted octanol–water partition coefficient (Wildman–Crippen LogP) is 1.39. The van der Waals surface area contributed by atoms with Crippen LogP contribution in [-0.4, -0.2) is 43.2 Å². The number of aliphatic hydroxyl groups excluding tert-OH is 1. The quantitative estimate of drug-likeness (QED) is 0.831. The van der Waals surface area contributed by atoms with Crippen molar-refractivity contribution in [1.82, 2.24) is 4.90 Å². The first-order valence-electron chi connectivity index (χ1n) is 6.06. The number of hydrogen-bond acceptors (Lipinski definition) is 3. The van der Waals surface area contributed by atoms with Crippen LogP contribution in [0.1, 0.15) is 17.5 Å². The molecule has 0 spiro atoms. The van der Waals surface area contributed by atoms with E-state index in [9.17, 15) is 4.79 Å². The van der Waals surface area contributed by atoms with E-state index in [1.807, 2.05) is 19.1 Å². The Morgan fingerprint density at radius 3 is 2.72 bits per heavy atom. The van der Waals surface area contributed by atoms with Gasteiger partial charge in [-0.3, -0.25) is 4.79 Å². The van der Waals surface area contributed by atoms with Crippen LogP contribution in [-0.2, 0) is 11.2 Å². The van der Waals surface area contributed by atoms with Gasteiger partial charge >= 0.3 is 0 Å². The first-order chi connectivity index (χ1) is 8.58. The number of carbonyl (C=O) groups excluding carboxylic acids is 1. The highest BCUT2D eigenvalue weighted by atomic mass is 16.5. The number of rotatable bonds is 6. The Balaban J connectivity index is 2.53. The van der Waals surface area contributed by atoms with E-state index in [4.69, 9.17) is 9.84 Å². The summed E-state index contributed by atoms with van der Waals surface area (Å²) in [5.74, 6) is 0.853. The molecule has 1 aromatic carbocycles. The molecule has 0 bridgehead atoms. The summed E-state index contributed by atoms with van der Waals surface area (Å²) in [7, 11) is 3.41. The lowest BCUT2D eigenvalue weighted by Gasteiger charge is -2.17. The highest BCUT2D eigenvalue weighted by molar-refractivity contribution is 5.75. The molecule has 0 aliphatic carbocycles. The molecule has 4 heteroatoms. The number of carbonyl (C=O) groups is 1. The van der Waals surface area contributed by atoms with Crippen molar-refractivity contribution in [2.75, 3.05) is 27.3 Å². The molecule has 100 valence electrons. The average Bonchev–Trinajstić information content (AvgIpc) is 2.36. The monoisotopic (exact) mass is 251 g/mol. The number of aryl methyl sites for hydroxylation is 1. The van der Waals surface area contributed by atoms with Gasteiger partial charge in [-0.05, 0) is 30.5 Å². The second kappa shape index (κ2) is 7.01. The van der Waals surface area contributed by atoms with E-state index in [2.05, 4.69) is 6.07 Å². The van der Waals surface area contributed by atoms with Crippen LogP contribution in [0.4, 0.5) is 0 Å². The maximum atomic E-state index is 11.5. The maximum Gasteiger partial charge on any atom is 0.224 e. The molecule has 0 aliphatic rings. The van der Waals surface area contributed by atoms with Crippen LogP contribution >= 0.6 is 0 Å². The zero-order valence-electron chi connectivity index (χ0n) is 11.3. The van der Waals surface area contributed by atoms with Crippen LogP contribution in [0.2, 0.25) is 0 Å². The van der Waals surface area contributed by atoms with Gasteiger partial charge in [-0.2, -0.15) is 0 Å². The van der Waals surface area contributed by atoms with Crippen LogP contribution < -0.4 is 4.74 Å². The van der Waals surface area contributed by atoms with E-state index in [1.165, 1.54) is 5.56 Å². The lowest BCUT2D eigenvalue weighted by molar-refractivity contribution is -0.130. The number of amides is 1. The molecule has 1 amide bonds. The minimum atomic E-state index is -0.0924. The third-order valence-corrected chi connectivity index (χ3v) is 2.95. The normalized spacial score (nSPS) is 10.2. The molecule has 4 nitrogen and oxygen atoms in total. The molecule has 18 heavy (non-hydrogen) atoms. The van der Waals surface area contributed by atoms with Gasteiger partial charge in [0, 0.05) is 20.0 Å². The molecular weight excluding hydrogens is 230 g/mol. The van der Waals surface area contributed by atoms with Gasteiger partial charge in [0.1, 0.15) is 5.75 Å². The van der Waals surface area contributed by atoms with E-state index in [-0.39, 0.29) is 18.9 Å². The van der Waals surface area contributed by atoms with Crippen LogP contribution in [0.25, 0.3) is 0 Å². The van der Waals surface area contributed by atoms with Gasteiger partial charge in [-0.15, -0.1) is 0 Å². The molecule has 0 saturated carbocycles. The molecule has 0 heterocycles. The summed E-state index contributed by atoms with van der Waals surface area (Å²) in [5, 5.41) is 8.70. The van der Waals surface area contributed by atoms with Crippen LogP contribution in [0, 0.1) is 6.92 Å². The van der Waals surface area contributed by atoms with Crippen LogP contribution in [0.3, 0.4) is 0 Å². The number of benzene rings is 1. The van der Waals surface area contributed by atoms with Crippen molar-refractivity contribution < 1.29 is 14.6 Å². The fourth-order valence-corrected chi connectivity index (χ4v) is 1.80. The maximum absolute atomic E-state index is 11.5.